The Kier molecular flexibility index (Phi) is 16.9. The first kappa shape index (κ1) is 54.0. The number of hydrogen-bond donors (Lipinski definition) is 0. The van der Waals surface area contributed by atoms with E-state index in [0.29, 0.717) is 57.8 Å². The maximum Gasteiger partial charge on any atom is 0.306 e. The highest BCUT2D eigenvalue weighted by atomic mass is 28.4. The van der Waals surface area contributed by atoms with Crippen molar-refractivity contribution in [1.29, 1.82) is 0 Å². The summed E-state index contributed by atoms with van der Waals surface area (Å²) in [5, 5.41) is -0.155. The van der Waals surface area contributed by atoms with Crippen LogP contribution in [0.25, 0.3) is 0 Å². The normalized spacial score (nSPS) is 41.2. The third-order valence-electron chi connectivity index (χ3n) is 18.2. The van der Waals surface area contributed by atoms with E-state index in [1.807, 2.05) is 6.08 Å². The van der Waals surface area contributed by atoms with Crippen LogP contribution >= 0.6 is 0 Å². The molecule has 0 amide bonds. The number of rotatable bonds is 6. The summed E-state index contributed by atoms with van der Waals surface area (Å²) in [4.78, 5) is 40.5. The fraction of sp³-hybridized carbons (Fsp3) is 0.836. The number of fused-ring (bicyclic) bond motifs is 2. The van der Waals surface area contributed by atoms with Crippen LogP contribution in [-0.2, 0) is 51.7 Å². The molecule has 6 fully saturated rings. The first-order valence-corrected chi connectivity index (χ1v) is 32.4. The molecule has 1 unspecified atom stereocenters. The minimum absolute atomic E-state index is 0.0242. The number of ketones is 2. The smallest absolute Gasteiger partial charge is 0.306 e. The van der Waals surface area contributed by atoms with E-state index in [-0.39, 0.29) is 118 Å². The molecule has 0 aromatic rings. The van der Waals surface area contributed by atoms with Gasteiger partial charge in [-0.3, -0.25) is 14.4 Å². The van der Waals surface area contributed by atoms with Crippen LogP contribution in [0.1, 0.15) is 152 Å². The number of carbonyl (C=O) groups excluding carboxylic acids is 3. The Balaban J connectivity index is 1.19. The average Bonchev–Trinajstić information content (AvgIpc) is 3.91. The van der Waals surface area contributed by atoms with Crippen molar-refractivity contribution in [3.8, 4) is 0 Å². The van der Waals surface area contributed by atoms with Crippen molar-refractivity contribution in [3.63, 3.8) is 0 Å². The van der Waals surface area contributed by atoms with Crippen molar-refractivity contribution in [2.45, 2.75) is 268 Å². The summed E-state index contributed by atoms with van der Waals surface area (Å²) in [6.07, 6.45) is 9.48. The van der Waals surface area contributed by atoms with Gasteiger partial charge in [0.1, 0.15) is 18.0 Å². The molecule has 0 aromatic heterocycles. The molecule has 0 radical (unpaired) electrons. The van der Waals surface area contributed by atoms with Gasteiger partial charge in [-0.1, -0.05) is 81.5 Å². The molecule has 68 heavy (non-hydrogen) atoms. The minimum Gasteiger partial charge on any atom is -0.462 e. The Bertz CT molecular complexity index is 1860. The lowest BCUT2D eigenvalue weighted by Gasteiger charge is -2.54. The largest absolute Gasteiger partial charge is 0.462 e. The van der Waals surface area contributed by atoms with E-state index in [1.54, 1.807) is 6.08 Å². The van der Waals surface area contributed by atoms with E-state index in [9.17, 15) is 14.4 Å². The molecule has 11 nitrogen and oxygen atoms in total. The monoisotopic (exact) mass is 983 g/mol. The van der Waals surface area contributed by atoms with Crippen LogP contribution in [0, 0.1) is 23.7 Å². The van der Waals surface area contributed by atoms with Crippen LogP contribution in [0.3, 0.4) is 0 Å². The predicted molar refractivity (Wildman–Crippen MR) is 270 cm³/mol. The predicted octanol–water partition coefficient (Wildman–Crippen LogP) is 11.3. The van der Waals surface area contributed by atoms with E-state index in [2.05, 4.69) is 102 Å². The molecule has 8 bridgehead atoms. The van der Waals surface area contributed by atoms with Crippen LogP contribution in [-0.4, -0.2) is 114 Å². The first-order valence-electron chi connectivity index (χ1n) is 26.6. The molecule has 6 saturated heterocycles. The maximum absolute atomic E-state index is 14.5. The Labute approximate surface area is 412 Å². The first-order chi connectivity index (χ1) is 31.7. The van der Waals surface area contributed by atoms with Gasteiger partial charge in [0.15, 0.2) is 22.4 Å². The van der Waals surface area contributed by atoms with E-state index in [0.717, 1.165) is 43.3 Å². The third kappa shape index (κ3) is 12.5. The van der Waals surface area contributed by atoms with E-state index >= 15 is 0 Å². The summed E-state index contributed by atoms with van der Waals surface area (Å²) in [5.74, 6) is 0.306. The minimum atomic E-state index is -2.39. The number of esters is 1. The van der Waals surface area contributed by atoms with Gasteiger partial charge in [0.2, 0.25) is 0 Å². The zero-order valence-corrected chi connectivity index (χ0v) is 46.3. The Morgan fingerprint density at radius 1 is 0.662 bits per heavy atom. The summed E-state index contributed by atoms with van der Waals surface area (Å²) in [5.41, 5.74) is 2.16. The van der Waals surface area contributed by atoms with E-state index in [4.69, 9.17) is 37.3 Å². The molecule has 0 aromatic carbocycles. The average molecular weight is 983 g/mol. The Morgan fingerprint density at radius 3 is 2.00 bits per heavy atom. The van der Waals surface area contributed by atoms with Crippen LogP contribution in [0.15, 0.2) is 36.5 Å². The van der Waals surface area contributed by atoms with Crippen molar-refractivity contribution in [2.75, 3.05) is 0 Å². The van der Waals surface area contributed by atoms with Gasteiger partial charge in [-0.2, -0.15) is 0 Å². The number of hydrogen-bond acceptors (Lipinski definition) is 11. The van der Waals surface area contributed by atoms with E-state index < -0.39 is 28.8 Å². The van der Waals surface area contributed by atoms with Crippen molar-refractivity contribution >= 4 is 34.2 Å². The van der Waals surface area contributed by atoms with Gasteiger partial charge in [-0.05, 0) is 123 Å². The number of Topliss-reactive ketones (excluding diaryl/α,β-unsaturated/α-hetero) is 1. The SMILES string of the molecule is C=C1C[C@@H]2CCC(=O)/C=C/[C@H](O[Si](C)(C)C(C)(C)C)[C@@H]3OC4CC[C@H](CC(=O)C[C@@H]5[C@@H](C)[C@@H](C[C@H]6CCC(=O)O6)O[C@H]5C[C@H]5O[C@@H](CC[C@@H]1O2)C[C@@H](C)C5=C)O[C@@H]4[C@H](C)[C@@H]3O[Si](C)(C)C(C)(C)C. The van der Waals surface area contributed by atoms with Crippen LogP contribution in [0.5, 0.6) is 0 Å². The van der Waals surface area contributed by atoms with Crippen LogP contribution < -0.4 is 0 Å². The highest BCUT2D eigenvalue weighted by Gasteiger charge is 2.55. The lowest BCUT2D eigenvalue weighted by Crippen LogP contribution is -2.64. The fourth-order valence-electron chi connectivity index (χ4n) is 11.6. The third-order valence-corrected chi connectivity index (χ3v) is 27.1. The van der Waals surface area contributed by atoms with E-state index in [1.165, 1.54) is 0 Å². The van der Waals surface area contributed by atoms with Gasteiger partial charge in [0.25, 0.3) is 0 Å². The summed E-state index contributed by atoms with van der Waals surface area (Å²) < 4.78 is 55.2. The number of cyclic esters (lactones) is 1. The van der Waals surface area contributed by atoms with Gasteiger partial charge in [0, 0.05) is 44.4 Å². The number of allylic oxidation sites excluding steroid dienone is 1. The van der Waals surface area contributed by atoms with Crippen LogP contribution in [0.4, 0.5) is 0 Å². The molecule has 0 N–H and O–H groups in total. The lowest BCUT2D eigenvalue weighted by atomic mass is 9.78. The lowest BCUT2D eigenvalue weighted by molar-refractivity contribution is -0.251. The molecule has 0 saturated carbocycles. The molecule has 9 rings (SSSR count). The highest BCUT2D eigenvalue weighted by Crippen LogP contribution is 2.48. The summed E-state index contributed by atoms with van der Waals surface area (Å²) in [7, 11) is -4.77. The standard InChI is InChI=1S/C55H90O11Si2/c1-32-26-40-19-23-44-33(2)27-39(59-44)18-16-37(56)17-22-46(65-67(12,13)54(6,7)8)53-52(66-68(14,15)55(9,10)11)36(5)51-45(64-53)24-20-41(62-51)28-38(57)29-43-35(4)47(30-42-21-25-50(58)61-42)63-49(43)31-48(60-40)34(32)3/h17,22,32,35-36,39-49,51-53H,2-3,16,18-21,23-31H2,1,4-15H3/b22-17+/t32-,35-,36+,39+,40+,41-,42-,43-,44+,45?,46+,47-,48-,49+,51-,52+,53+/m1/s1. The molecule has 13 heteroatoms. The molecule has 17 atom stereocenters. The topological polar surface area (TPSA) is 125 Å². The zero-order chi connectivity index (χ0) is 49.7. The molecule has 9 aliphatic rings. The molecule has 9 heterocycles. The molecule has 0 spiro atoms. The molecular weight excluding hydrogens is 893 g/mol. The molecule has 9 aliphatic heterocycles. The maximum atomic E-state index is 14.5. The van der Waals surface area contributed by atoms with Crippen molar-refractivity contribution < 1.29 is 51.7 Å². The summed E-state index contributed by atoms with van der Waals surface area (Å²) in [6.45, 7) is 38.2. The number of carbonyl (C=O) groups is 3. The molecule has 0 aliphatic carbocycles. The molecule has 384 valence electrons. The quantitative estimate of drug-likeness (QED) is 0.143. The number of ether oxygens (including phenoxy) is 6. The van der Waals surface area contributed by atoms with Gasteiger partial charge in [-0.25, -0.2) is 0 Å². The van der Waals surface area contributed by atoms with Crippen LogP contribution in [0.2, 0.25) is 36.3 Å². The highest BCUT2D eigenvalue weighted by molar-refractivity contribution is 6.74. The molecular formula is C55H90O11Si2. The van der Waals surface area contributed by atoms with Crippen molar-refractivity contribution in [2.24, 2.45) is 23.7 Å². The Hall–Kier alpha value is -1.82. The second kappa shape index (κ2) is 21.3. The van der Waals surface area contributed by atoms with Gasteiger partial charge in [0.05, 0.1) is 67.1 Å². The zero-order valence-electron chi connectivity index (χ0n) is 44.3. The van der Waals surface area contributed by atoms with Gasteiger partial charge >= 0.3 is 5.97 Å². The van der Waals surface area contributed by atoms with Crippen molar-refractivity contribution in [3.05, 3.63) is 36.5 Å². The second-order valence-corrected chi connectivity index (χ2v) is 34.8. The Morgan fingerprint density at radius 2 is 1.32 bits per heavy atom. The van der Waals surface area contributed by atoms with Gasteiger partial charge in [-0.15, -0.1) is 0 Å². The van der Waals surface area contributed by atoms with Crippen molar-refractivity contribution in [1.82, 2.24) is 0 Å². The van der Waals surface area contributed by atoms with Gasteiger partial charge < -0.3 is 37.3 Å². The fourth-order valence-corrected chi connectivity index (χ4v) is 14.2. The summed E-state index contributed by atoms with van der Waals surface area (Å²) in [6, 6.07) is 0. The summed E-state index contributed by atoms with van der Waals surface area (Å²) >= 11 is 0. The second-order valence-electron chi connectivity index (χ2n) is 25.3.